The van der Waals surface area contributed by atoms with E-state index in [1.54, 1.807) is 18.2 Å². The first-order chi connectivity index (χ1) is 15.0. The highest BCUT2D eigenvalue weighted by molar-refractivity contribution is 6.30. The first kappa shape index (κ1) is 23.3. The van der Waals surface area contributed by atoms with Gasteiger partial charge in [0.2, 0.25) is 0 Å². The largest absolute Gasteiger partial charge is 0.351 e. The maximum atomic E-state index is 12.9. The monoisotopic (exact) mass is 446 g/mol. The number of H-pyrrole nitrogens is 1. The van der Waals surface area contributed by atoms with Crippen molar-refractivity contribution in [3.63, 3.8) is 0 Å². The fourth-order valence-electron chi connectivity index (χ4n) is 3.47. The molecule has 1 aliphatic rings. The van der Waals surface area contributed by atoms with Gasteiger partial charge in [-0.2, -0.15) is 0 Å². The molecule has 1 unspecified atom stereocenters. The van der Waals surface area contributed by atoms with Gasteiger partial charge >= 0.3 is 0 Å². The molecule has 1 fully saturated rings. The van der Waals surface area contributed by atoms with Crippen LogP contribution in [0.3, 0.4) is 0 Å². The third-order valence-corrected chi connectivity index (χ3v) is 5.65. The zero-order valence-corrected chi connectivity index (χ0v) is 18.8. The number of carbonyl (C=O) groups is 2. The van der Waals surface area contributed by atoms with Crippen LogP contribution in [0.5, 0.6) is 0 Å². The molecular weight excluding hydrogens is 416 g/mol. The fourth-order valence-corrected chi connectivity index (χ4v) is 3.59. The Hall–Kier alpha value is -2.39. The van der Waals surface area contributed by atoms with Crippen LogP contribution in [-0.4, -0.2) is 79.6 Å². The smallest absolute Gasteiger partial charge is 0.268 e. The van der Waals surface area contributed by atoms with Gasteiger partial charge in [-0.25, -0.2) is 5.01 Å². The van der Waals surface area contributed by atoms with Gasteiger partial charge in [0.25, 0.3) is 11.8 Å². The molecule has 2 heterocycles. The molecular formula is C22H31ClN6O2. The number of amides is 2. The molecule has 3 rings (SSSR count). The minimum Gasteiger partial charge on any atom is -0.351 e. The normalized spacial score (nSPS) is 16.1. The van der Waals surface area contributed by atoms with Crippen LogP contribution in [0, 0.1) is 0 Å². The van der Waals surface area contributed by atoms with E-state index in [1.165, 1.54) is 0 Å². The summed E-state index contributed by atoms with van der Waals surface area (Å²) in [6.07, 6.45) is 1.33. The molecule has 168 valence electrons. The minimum absolute atomic E-state index is 0.182. The van der Waals surface area contributed by atoms with Crippen LogP contribution >= 0.6 is 11.6 Å². The predicted molar refractivity (Wildman–Crippen MR) is 123 cm³/mol. The molecule has 0 radical (unpaired) electrons. The van der Waals surface area contributed by atoms with Crippen molar-refractivity contribution >= 4 is 23.4 Å². The van der Waals surface area contributed by atoms with Crippen molar-refractivity contribution in [3.05, 3.63) is 47.1 Å². The fraction of sp³-hybridized carbons (Fsp3) is 0.455. The van der Waals surface area contributed by atoms with E-state index < -0.39 is 6.04 Å². The van der Waals surface area contributed by atoms with Crippen molar-refractivity contribution in [2.24, 2.45) is 0 Å². The number of likely N-dealkylation sites (N-methyl/N-ethyl adjacent to an activating group) is 1. The molecule has 31 heavy (non-hydrogen) atoms. The van der Waals surface area contributed by atoms with Gasteiger partial charge in [-0.3, -0.25) is 15.0 Å². The zero-order valence-electron chi connectivity index (χ0n) is 18.1. The van der Waals surface area contributed by atoms with Crippen LogP contribution < -0.4 is 16.1 Å². The molecule has 1 saturated heterocycles. The van der Waals surface area contributed by atoms with Gasteiger partial charge < -0.3 is 20.5 Å². The molecule has 1 aromatic carbocycles. The lowest BCUT2D eigenvalue weighted by Crippen LogP contribution is -2.57. The highest BCUT2D eigenvalue weighted by atomic mass is 35.5. The van der Waals surface area contributed by atoms with Crippen molar-refractivity contribution < 1.29 is 9.59 Å². The first-order valence-electron chi connectivity index (χ1n) is 10.6. The molecule has 0 bridgehead atoms. The van der Waals surface area contributed by atoms with Gasteiger partial charge in [0.05, 0.1) is 0 Å². The molecule has 8 nitrogen and oxygen atoms in total. The molecule has 1 atom stereocenters. The Labute approximate surface area is 188 Å². The van der Waals surface area contributed by atoms with Gasteiger partial charge in [-0.1, -0.05) is 23.7 Å². The number of nitrogens with one attached hydrogen (secondary N) is 4. The summed E-state index contributed by atoms with van der Waals surface area (Å²) >= 11 is 5.95. The first-order valence-corrected chi connectivity index (χ1v) is 11.0. The van der Waals surface area contributed by atoms with E-state index in [4.69, 9.17) is 11.6 Å². The number of aromatic amines is 1. The van der Waals surface area contributed by atoms with Gasteiger partial charge in [-0.15, -0.1) is 0 Å². The predicted octanol–water partition coefficient (Wildman–Crippen LogP) is 1.71. The lowest BCUT2D eigenvalue weighted by molar-refractivity contribution is -0.128. The van der Waals surface area contributed by atoms with Crippen molar-refractivity contribution in [3.8, 4) is 11.3 Å². The summed E-state index contributed by atoms with van der Waals surface area (Å²) in [7, 11) is 3.93. The second-order valence-electron chi connectivity index (χ2n) is 7.83. The second kappa shape index (κ2) is 11.3. The zero-order chi connectivity index (χ0) is 22.2. The molecule has 2 amide bonds. The number of benzene rings is 1. The number of aromatic nitrogens is 1. The number of halogens is 1. The Bertz CT molecular complexity index is 861. The number of hydrogen-bond acceptors (Lipinski definition) is 5. The summed E-state index contributed by atoms with van der Waals surface area (Å²) in [4.78, 5) is 31.1. The van der Waals surface area contributed by atoms with Crippen LogP contribution in [0.4, 0.5) is 0 Å². The van der Waals surface area contributed by atoms with Gasteiger partial charge in [0.15, 0.2) is 0 Å². The third-order valence-electron chi connectivity index (χ3n) is 5.40. The van der Waals surface area contributed by atoms with Crippen LogP contribution in [0.15, 0.2) is 36.4 Å². The van der Waals surface area contributed by atoms with Crippen molar-refractivity contribution in [2.75, 3.05) is 46.8 Å². The van der Waals surface area contributed by atoms with Crippen molar-refractivity contribution in [1.29, 1.82) is 0 Å². The highest BCUT2D eigenvalue weighted by Gasteiger charge is 2.24. The molecule has 1 aliphatic heterocycles. The summed E-state index contributed by atoms with van der Waals surface area (Å²) in [6, 6.07) is 10.3. The Morgan fingerprint density at radius 2 is 1.81 bits per heavy atom. The van der Waals surface area contributed by atoms with Crippen molar-refractivity contribution in [1.82, 2.24) is 31.0 Å². The number of nitrogens with zero attached hydrogens (tertiary/aromatic N) is 2. The Morgan fingerprint density at radius 1 is 1.10 bits per heavy atom. The number of hydrazine groups is 1. The quantitative estimate of drug-likeness (QED) is 0.440. The third kappa shape index (κ3) is 6.80. The van der Waals surface area contributed by atoms with Gasteiger partial charge in [0, 0.05) is 36.9 Å². The molecule has 0 aliphatic carbocycles. The molecule has 0 spiro atoms. The van der Waals surface area contributed by atoms with E-state index in [1.807, 2.05) is 30.3 Å². The maximum Gasteiger partial charge on any atom is 0.268 e. The number of piperazine rings is 1. The summed E-state index contributed by atoms with van der Waals surface area (Å²) < 4.78 is 0. The number of carbonyl (C=O) groups excluding carboxylic acids is 2. The van der Waals surface area contributed by atoms with E-state index in [9.17, 15) is 9.59 Å². The lowest BCUT2D eigenvalue weighted by atomic mass is 10.1. The van der Waals surface area contributed by atoms with Gasteiger partial charge in [-0.05, 0) is 63.3 Å². The van der Waals surface area contributed by atoms with E-state index in [-0.39, 0.29) is 11.8 Å². The Balaban J connectivity index is 1.63. The summed E-state index contributed by atoms with van der Waals surface area (Å²) in [6.45, 7) is 4.10. The Morgan fingerprint density at radius 3 is 2.48 bits per heavy atom. The van der Waals surface area contributed by atoms with E-state index in [0.29, 0.717) is 17.1 Å². The topological polar surface area (TPSA) is 92.5 Å². The van der Waals surface area contributed by atoms with Gasteiger partial charge in [0.1, 0.15) is 11.7 Å². The summed E-state index contributed by atoms with van der Waals surface area (Å²) in [5.74, 6) is -0.485. The number of rotatable bonds is 9. The summed E-state index contributed by atoms with van der Waals surface area (Å²) in [5, 5.41) is 8.56. The molecule has 9 heteroatoms. The highest BCUT2D eigenvalue weighted by Crippen LogP contribution is 2.21. The molecule has 2 aromatic rings. The standard InChI is InChI=1S/C22H31ClN6O2/c1-24-11-3-4-19(22(31)27-29-14-12-28(2)13-15-29)26-21(30)20-10-9-18(25-20)16-5-7-17(23)8-6-16/h5-10,19,24-25H,3-4,11-15H2,1-2H3,(H,26,30)(H,27,31). The average molecular weight is 447 g/mol. The Kier molecular flexibility index (Phi) is 8.48. The van der Waals surface area contributed by atoms with Crippen LogP contribution in [0.25, 0.3) is 11.3 Å². The minimum atomic E-state index is -0.609. The van der Waals surface area contributed by atoms with E-state index >= 15 is 0 Å². The summed E-state index contributed by atoms with van der Waals surface area (Å²) in [5.41, 5.74) is 5.13. The molecule has 1 aromatic heterocycles. The van der Waals surface area contributed by atoms with Crippen LogP contribution in [0.2, 0.25) is 5.02 Å². The van der Waals surface area contributed by atoms with Crippen molar-refractivity contribution in [2.45, 2.75) is 18.9 Å². The molecule has 4 N–H and O–H groups in total. The lowest BCUT2D eigenvalue weighted by Gasteiger charge is -2.33. The average Bonchev–Trinajstić information content (AvgIpc) is 3.25. The second-order valence-corrected chi connectivity index (χ2v) is 8.27. The van der Waals surface area contributed by atoms with E-state index in [0.717, 1.165) is 50.4 Å². The SMILES string of the molecule is CNCCCC(NC(=O)c1ccc(-c2ccc(Cl)cc2)[nH]1)C(=O)NN1CCN(C)CC1. The molecule has 0 saturated carbocycles. The van der Waals surface area contributed by atoms with Crippen LogP contribution in [-0.2, 0) is 4.79 Å². The van der Waals surface area contributed by atoms with Crippen LogP contribution in [0.1, 0.15) is 23.3 Å². The maximum absolute atomic E-state index is 12.9. The number of hydrogen-bond donors (Lipinski definition) is 4. The van der Waals surface area contributed by atoms with E-state index in [2.05, 4.69) is 33.0 Å².